The molecule has 0 spiro atoms. The average molecular weight is 499 g/mol. The number of fused-ring (bicyclic) bond motifs is 2. The Labute approximate surface area is 211 Å². The Morgan fingerprint density at radius 3 is 2.67 bits per heavy atom. The van der Waals surface area contributed by atoms with Gasteiger partial charge >= 0.3 is 0 Å². The van der Waals surface area contributed by atoms with Gasteiger partial charge in [0.25, 0.3) is 11.1 Å². The first kappa shape index (κ1) is 22.3. The van der Waals surface area contributed by atoms with Gasteiger partial charge in [0, 0.05) is 28.7 Å². The monoisotopic (exact) mass is 498 g/mol. The molecule has 4 aromatic rings. The maximum atomic E-state index is 13.1. The Bertz CT molecular complexity index is 1520. The number of anilines is 1. The molecule has 2 aliphatic rings. The van der Waals surface area contributed by atoms with E-state index < -0.39 is 0 Å². The summed E-state index contributed by atoms with van der Waals surface area (Å²) in [6, 6.07) is 20.9. The molecule has 0 saturated carbocycles. The molecule has 2 amide bonds. The largest absolute Gasteiger partial charge is 0.492 e. The molecule has 8 heteroatoms. The molecular weight excluding hydrogens is 476 g/mol. The number of benzene rings is 3. The van der Waals surface area contributed by atoms with Crippen molar-refractivity contribution in [2.45, 2.75) is 13.5 Å². The number of aryl methyl sites for hydroxylation is 1. The summed E-state index contributed by atoms with van der Waals surface area (Å²) < 4.78 is 18.8. The van der Waals surface area contributed by atoms with Gasteiger partial charge in [0.1, 0.15) is 12.4 Å². The molecule has 0 aliphatic carbocycles. The highest BCUT2D eigenvalue weighted by Crippen LogP contribution is 2.37. The minimum Gasteiger partial charge on any atom is -0.492 e. The van der Waals surface area contributed by atoms with Crippen molar-refractivity contribution >= 4 is 45.6 Å². The highest BCUT2D eigenvalue weighted by molar-refractivity contribution is 8.19. The molecule has 180 valence electrons. The molecule has 0 radical (unpaired) electrons. The number of para-hydroxylation sites is 1. The van der Waals surface area contributed by atoms with Gasteiger partial charge in [-0.3, -0.25) is 9.59 Å². The van der Waals surface area contributed by atoms with Gasteiger partial charge in [-0.05, 0) is 55.1 Å². The summed E-state index contributed by atoms with van der Waals surface area (Å²) in [6.07, 6.45) is 3.80. The zero-order chi connectivity index (χ0) is 24.6. The van der Waals surface area contributed by atoms with Crippen LogP contribution >= 0.6 is 11.8 Å². The number of aromatic nitrogens is 1. The maximum Gasteiger partial charge on any atom is 0.298 e. The van der Waals surface area contributed by atoms with Gasteiger partial charge in [-0.25, -0.2) is 4.90 Å². The van der Waals surface area contributed by atoms with E-state index >= 15 is 0 Å². The molecule has 0 atom stereocenters. The van der Waals surface area contributed by atoms with Crippen LogP contribution in [0.25, 0.3) is 17.0 Å². The number of hydrogen-bond acceptors (Lipinski definition) is 6. The zero-order valence-electron chi connectivity index (χ0n) is 19.5. The fourth-order valence-electron chi connectivity index (χ4n) is 4.33. The van der Waals surface area contributed by atoms with E-state index in [0.29, 0.717) is 35.2 Å². The van der Waals surface area contributed by atoms with Crippen LogP contribution in [0.4, 0.5) is 10.5 Å². The number of imide groups is 1. The highest BCUT2D eigenvalue weighted by Gasteiger charge is 2.36. The van der Waals surface area contributed by atoms with E-state index in [1.807, 2.05) is 67.7 Å². The van der Waals surface area contributed by atoms with Gasteiger partial charge in [0.2, 0.25) is 6.79 Å². The summed E-state index contributed by atoms with van der Waals surface area (Å²) in [5.74, 6) is 1.80. The van der Waals surface area contributed by atoms with Crippen molar-refractivity contribution in [3.05, 3.63) is 89.0 Å². The van der Waals surface area contributed by atoms with E-state index in [1.54, 1.807) is 18.2 Å². The first-order valence-electron chi connectivity index (χ1n) is 11.5. The van der Waals surface area contributed by atoms with Crippen LogP contribution in [0.1, 0.15) is 11.1 Å². The first-order chi connectivity index (χ1) is 17.6. The van der Waals surface area contributed by atoms with Crippen molar-refractivity contribution in [3.8, 4) is 17.2 Å². The van der Waals surface area contributed by atoms with Gasteiger partial charge in [-0.2, -0.15) is 0 Å². The maximum absolute atomic E-state index is 13.1. The topological polar surface area (TPSA) is 70.0 Å². The highest BCUT2D eigenvalue weighted by atomic mass is 32.2. The second-order valence-corrected chi connectivity index (χ2v) is 9.50. The molecule has 36 heavy (non-hydrogen) atoms. The number of carbonyl (C=O) groups is 2. The molecule has 3 heterocycles. The molecule has 0 bridgehead atoms. The van der Waals surface area contributed by atoms with Crippen LogP contribution in [0.15, 0.2) is 77.8 Å². The number of rotatable bonds is 6. The zero-order valence-corrected chi connectivity index (χ0v) is 20.3. The van der Waals surface area contributed by atoms with Gasteiger partial charge in [0.15, 0.2) is 11.5 Å². The van der Waals surface area contributed by atoms with Crippen molar-refractivity contribution in [2.24, 2.45) is 0 Å². The lowest BCUT2D eigenvalue weighted by Crippen LogP contribution is -2.27. The summed E-state index contributed by atoms with van der Waals surface area (Å²) in [5, 5.41) is 0.707. The van der Waals surface area contributed by atoms with Gasteiger partial charge in [-0.1, -0.05) is 35.9 Å². The lowest BCUT2D eigenvalue weighted by atomic mass is 10.1. The molecule has 7 nitrogen and oxygen atoms in total. The number of hydrogen-bond donors (Lipinski definition) is 0. The number of nitrogens with zero attached hydrogens (tertiary/aromatic N) is 2. The smallest absolute Gasteiger partial charge is 0.298 e. The van der Waals surface area contributed by atoms with Crippen LogP contribution in [0.5, 0.6) is 17.2 Å². The Kier molecular flexibility index (Phi) is 5.65. The predicted octanol–water partition coefficient (Wildman–Crippen LogP) is 6.00. The minimum atomic E-state index is -0.308. The molecule has 2 aliphatic heterocycles. The van der Waals surface area contributed by atoms with Crippen molar-refractivity contribution in [1.29, 1.82) is 0 Å². The third-order valence-electron chi connectivity index (χ3n) is 6.14. The number of ether oxygens (including phenoxy) is 3. The van der Waals surface area contributed by atoms with E-state index in [9.17, 15) is 9.59 Å². The molecule has 1 fully saturated rings. The van der Waals surface area contributed by atoms with Crippen LogP contribution in [0.3, 0.4) is 0 Å². The fourth-order valence-corrected chi connectivity index (χ4v) is 5.16. The van der Waals surface area contributed by atoms with Crippen LogP contribution in [-0.2, 0) is 11.3 Å². The molecule has 1 saturated heterocycles. The van der Waals surface area contributed by atoms with E-state index in [1.165, 1.54) is 4.90 Å². The van der Waals surface area contributed by atoms with Crippen LogP contribution in [0, 0.1) is 6.92 Å². The molecule has 6 rings (SSSR count). The Morgan fingerprint density at radius 2 is 1.81 bits per heavy atom. The summed E-state index contributed by atoms with van der Waals surface area (Å²) in [7, 11) is 0. The number of amides is 2. The Morgan fingerprint density at radius 1 is 1.00 bits per heavy atom. The lowest BCUT2D eigenvalue weighted by molar-refractivity contribution is -0.113. The summed E-state index contributed by atoms with van der Waals surface area (Å²) in [6.45, 7) is 3.24. The van der Waals surface area contributed by atoms with E-state index in [0.717, 1.165) is 39.5 Å². The fraction of sp³-hybridized carbons (Fsp3) is 0.143. The molecule has 0 N–H and O–H groups in total. The summed E-state index contributed by atoms with van der Waals surface area (Å²) in [5.41, 5.74) is 3.55. The predicted molar refractivity (Wildman–Crippen MR) is 140 cm³/mol. The quantitative estimate of drug-likeness (QED) is 0.304. The van der Waals surface area contributed by atoms with Crippen molar-refractivity contribution in [2.75, 3.05) is 18.3 Å². The molecule has 3 aromatic carbocycles. The second kappa shape index (κ2) is 9.13. The average Bonchev–Trinajstić information content (AvgIpc) is 3.56. The summed E-state index contributed by atoms with van der Waals surface area (Å²) >= 11 is 0.961. The van der Waals surface area contributed by atoms with E-state index in [2.05, 4.69) is 4.57 Å². The standard InChI is InChI=1S/C28H22N2O5S/c1-18-6-8-20(9-7-18)30-27(31)26(36-28(30)32)14-19-16-29(23-5-3-2-4-22(19)23)12-13-33-21-10-11-24-25(15-21)35-17-34-24/h2-11,14-16H,12-13,17H2,1H3/b26-14-. The van der Waals surface area contributed by atoms with E-state index in [-0.39, 0.29) is 17.9 Å². The second-order valence-electron chi connectivity index (χ2n) is 8.51. The van der Waals surface area contributed by atoms with E-state index in [4.69, 9.17) is 14.2 Å². The van der Waals surface area contributed by atoms with Crippen LogP contribution in [0.2, 0.25) is 0 Å². The molecular formula is C28H22N2O5S. The van der Waals surface area contributed by atoms with Crippen molar-refractivity contribution in [1.82, 2.24) is 4.57 Å². The van der Waals surface area contributed by atoms with Crippen molar-refractivity contribution in [3.63, 3.8) is 0 Å². The summed E-state index contributed by atoms with van der Waals surface area (Å²) in [4.78, 5) is 27.4. The Hall–Kier alpha value is -4.17. The first-order valence-corrected chi connectivity index (χ1v) is 12.3. The Balaban J connectivity index is 1.23. The minimum absolute atomic E-state index is 0.224. The van der Waals surface area contributed by atoms with Crippen molar-refractivity contribution < 1.29 is 23.8 Å². The lowest BCUT2D eigenvalue weighted by Gasteiger charge is -2.12. The number of thioether (sulfide) groups is 1. The van der Waals surface area contributed by atoms with Crippen LogP contribution < -0.4 is 19.1 Å². The van der Waals surface area contributed by atoms with Gasteiger partial charge < -0.3 is 18.8 Å². The molecule has 1 aromatic heterocycles. The number of carbonyl (C=O) groups excluding carboxylic acids is 2. The van der Waals surface area contributed by atoms with Gasteiger partial charge in [-0.15, -0.1) is 0 Å². The van der Waals surface area contributed by atoms with Gasteiger partial charge in [0.05, 0.1) is 17.1 Å². The SMILES string of the molecule is Cc1ccc(N2C(=O)S/C(=C\c3cn(CCOc4ccc5c(c4)OCO5)c4ccccc34)C2=O)cc1. The third-order valence-corrected chi connectivity index (χ3v) is 7.01. The molecule has 0 unspecified atom stereocenters. The van der Waals surface area contributed by atoms with Crippen LogP contribution in [-0.4, -0.2) is 29.1 Å². The third kappa shape index (κ3) is 4.09. The normalized spacial score (nSPS) is 15.9.